The molecule has 0 radical (unpaired) electrons. The second-order valence-corrected chi connectivity index (χ2v) is 5.84. The lowest BCUT2D eigenvalue weighted by Gasteiger charge is -2.29. The summed E-state index contributed by atoms with van der Waals surface area (Å²) in [6.07, 6.45) is -4.81. The van der Waals surface area contributed by atoms with Crippen molar-refractivity contribution in [2.45, 2.75) is 18.4 Å². The number of hydrogen-bond acceptors (Lipinski definition) is 3. The van der Waals surface area contributed by atoms with Crippen molar-refractivity contribution in [2.75, 3.05) is 6.61 Å². The van der Waals surface area contributed by atoms with Crippen LogP contribution in [0.4, 0.5) is 17.6 Å². The van der Waals surface area contributed by atoms with E-state index < -0.39 is 29.9 Å². The summed E-state index contributed by atoms with van der Waals surface area (Å²) >= 11 is 0. The van der Waals surface area contributed by atoms with Gasteiger partial charge in [-0.05, 0) is 42.5 Å². The molecule has 27 heavy (non-hydrogen) atoms. The number of hydrogen-bond donors (Lipinski definition) is 1. The van der Waals surface area contributed by atoms with E-state index in [1.54, 1.807) is 0 Å². The Bertz CT molecular complexity index is 849. The lowest BCUT2D eigenvalue weighted by molar-refractivity contribution is -0.137. The molecular formula is C19H15F4NO3. The lowest BCUT2D eigenvalue weighted by Crippen LogP contribution is -2.39. The number of ether oxygens (including phenoxy) is 2. The first kappa shape index (κ1) is 18.8. The Hall–Kier alpha value is -3.03. The van der Waals surface area contributed by atoms with Crippen molar-refractivity contribution in [3.63, 3.8) is 0 Å². The van der Waals surface area contributed by atoms with Crippen LogP contribution in [0.5, 0.6) is 17.2 Å². The van der Waals surface area contributed by atoms with Gasteiger partial charge < -0.3 is 14.8 Å². The highest BCUT2D eigenvalue weighted by Crippen LogP contribution is 2.38. The molecule has 8 heteroatoms. The maximum atomic E-state index is 14.1. The van der Waals surface area contributed by atoms with E-state index in [0.717, 1.165) is 18.2 Å². The second kappa shape index (κ2) is 7.30. The average molecular weight is 381 g/mol. The van der Waals surface area contributed by atoms with E-state index in [-0.39, 0.29) is 12.4 Å². The molecule has 0 saturated carbocycles. The van der Waals surface area contributed by atoms with E-state index in [9.17, 15) is 22.4 Å². The molecule has 2 aromatic rings. The van der Waals surface area contributed by atoms with Gasteiger partial charge in [-0.1, -0.05) is 6.58 Å². The van der Waals surface area contributed by atoms with Gasteiger partial charge in [-0.15, -0.1) is 0 Å². The summed E-state index contributed by atoms with van der Waals surface area (Å²) in [5.74, 6) is 0.321. The fourth-order valence-corrected chi connectivity index (χ4v) is 2.65. The van der Waals surface area contributed by atoms with Crippen molar-refractivity contribution in [1.82, 2.24) is 5.32 Å². The highest BCUT2D eigenvalue weighted by atomic mass is 19.4. The number of nitrogens with one attached hydrogen (secondary N) is 1. The van der Waals surface area contributed by atoms with Gasteiger partial charge in [0, 0.05) is 11.6 Å². The Labute approximate surface area is 152 Å². The van der Waals surface area contributed by atoms with Gasteiger partial charge >= 0.3 is 6.18 Å². The van der Waals surface area contributed by atoms with Crippen molar-refractivity contribution in [2.24, 2.45) is 0 Å². The van der Waals surface area contributed by atoms with Crippen molar-refractivity contribution < 1.29 is 31.8 Å². The summed E-state index contributed by atoms with van der Waals surface area (Å²) in [6, 6.07) is 7.89. The number of amides is 1. The molecule has 1 amide bonds. The zero-order valence-corrected chi connectivity index (χ0v) is 13.9. The number of benzene rings is 2. The monoisotopic (exact) mass is 381 g/mol. The molecule has 1 aliphatic heterocycles. The van der Waals surface area contributed by atoms with Gasteiger partial charge in [0.1, 0.15) is 23.9 Å². The van der Waals surface area contributed by atoms with Crippen LogP contribution in [0.3, 0.4) is 0 Å². The molecule has 1 aliphatic rings. The molecular weight excluding hydrogens is 366 g/mol. The quantitative estimate of drug-likeness (QED) is 0.623. The van der Waals surface area contributed by atoms with Gasteiger partial charge in [0.2, 0.25) is 5.91 Å². The Kier molecular flexibility index (Phi) is 5.07. The van der Waals surface area contributed by atoms with Gasteiger partial charge in [0.05, 0.1) is 11.6 Å². The molecule has 1 N–H and O–H groups in total. The average Bonchev–Trinajstić information content (AvgIpc) is 2.63. The standard InChI is InChI=1S/C19H15F4NO3/c1-2-17(25)24-18-14-8-7-13(9-16(14)26-10-15(18)20)27-12-5-3-11(4-6-12)19(21,22)23/h2-9,15,18H,1,10H2,(H,24,25)/t15-,18?/m1/s1. The van der Waals surface area contributed by atoms with E-state index in [2.05, 4.69) is 11.9 Å². The van der Waals surface area contributed by atoms with E-state index in [0.29, 0.717) is 17.1 Å². The molecule has 142 valence electrons. The van der Waals surface area contributed by atoms with E-state index in [1.165, 1.54) is 30.3 Å². The summed E-state index contributed by atoms with van der Waals surface area (Å²) in [5, 5.41) is 2.50. The lowest BCUT2D eigenvalue weighted by atomic mass is 9.99. The first-order valence-electron chi connectivity index (χ1n) is 7.97. The van der Waals surface area contributed by atoms with Crippen molar-refractivity contribution >= 4 is 5.91 Å². The Balaban J connectivity index is 1.79. The van der Waals surface area contributed by atoms with Gasteiger partial charge in [0.25, 0.3) is 0 Å². The fraction of sp³-hybridized carbons (Fsp3) is 0.211. The predicted octanol–water partition coefficient (Wildman–Crippen LogP) is 4.57. The molecule has 4 nitrogen and oxygen atoms in total. The number of alkyl halides is 4. The number of halogens is 4. The van der Waals surface area contributed by atoms with Crippen LogP contribution in [0, 0.1) is 0 Å². The summed E-state index contributed by atoms with van der Waals surface area (Å²) in [6.45, 7) is 3.08. The Morgan fingerprint density at radius 2 is 1.85 bits per heavy atom. The van der Waals surface area contributed by atoms with Crippen LogP contribution in [0.25, 0.3) is 0 Å². The molecule has 2 atom stereocenters. The first-order chi connectivity index (χ1) is 12.8. The van der Waals surface area contributed by atoms with E-state index >= 15 is 0 Å². The minimum Gasteiger partial charge on any atom is -0.490 e. The van der Waals surface area contributed by atoms with Crippen LogP contribution in [-0.2, 0) is 11.0 Å². The van der Waals surface area contributed by atoms with Crippen molar-refractivity contribution in [3.8, 4) is 17.2 Å². The van der Waals surface area contributed by atoms with Gasteiger partial charge in [-0.25, -0.2) is 4.39 Å². The van der Waals surface area contributed by atoms with Crippen LogP contribution in [-0.4, -0.2) is 18.7 Å². The maximum absolute atomic E-state index is 14.1. The maximum Gasteiger partial charge on any atom is 0.416 e. The summed E-state index contributed by atoms with van der Waals surface area (Å²) in [7, 11) is 0. The number of carbonyl (C=O) groups excluding carboxylic acids is 1. The van der Waals surface area contributed by atoms with Gasteiger partial charge in [-0.2, -0.15) is 13.2 Å². The predicted molar refractivity (Wildman–Crippen MR) is 89.4 cm³/mol. The number of fused-ring (bicyclic) bond motifs is 1. The highest BCUT2D eigenvalue weighted by Gasteiger charge is 2.32. The summed E-state index contributed by atoms with van der Waals surface area (Å²) in [4.78, 5) is 11.5. The molecule has 1 heterocycles. The minimum absolute atomic E-state index is 0.207. The topological polar surface area (TPSA) is 47.6 Å². The highest BCUT2D eigenvalue weighted by molar-refractivity contribution is 5.87. The van der Waals surface area contributed by atoms with E-state index in [4.69, 9.17) is 9.47 Å². The Morgan fingerprint density at radius 1 is 1.19 bits per heavy atom. The first-order valence-corrected chi connectivity index (χ1v) is 7.97. The molecule has 0 spiro atoms. The third kappa shape index (κ3) is 4.21. The van der Waals surface area contributed by atoms with Crippen LogP contribution in [0.2, 0.25) is 0 Å². The third-order valence-electron chi connectivity index (χ3n) is 3.98. The van der Waals surface area contributed by atoms with E-state index in [1.807, 2.05) is 0 Å². The molecule has 2 aromatic carbocycles. The molecule has 0 aromatic heterocycles. The van der Waals surface area contributed by atoms with Crippen LogP contribution >= 0.6 is 0 Å². The molecule has 0 aliphatic carbocycles. The molecule has 0 bridgehead atoms. The molecule has 1 unspecified atom stereocenters. The van der Waals surface area contributed by atoms with Crippen molar-refractivity contribution in [3.05, 3.63) is 66.2 Å². The van der Waals surface area contributed by atoms with Crippen LogP contribution in [0.1, 0.15) is 17.2 Å². The summed E-state index contributed by atoms with van der Waals surface area (Å²) < 4.78 is 62.8. The normalized spacial score (nSPS) is 18.8. The minimum atomic E-state index is -4.42. The number of rotatable bonds is 4. The van der Waals surface area contributed by atoms with Gasteiger partial charge in [0.15, 0.2) is 6.17 Å². The third-order valence-corrected chi connectivity index (χ3v) is 3.98. The number of carbonyl (C=O) groups is 1. The zero-order chi connectivity index (χ0) is 19.6. The second-order valence-electron chi connectivity index (χ2n) is 5.84. The van der Waals surface area contributed by atoms with Crippen LogP contribution < -0.4 is 14.8 Å². The van der Waals surface area contributed by atoms with Gasteiger partial charge in [-0.3, -0.25) is 4.79 Å². The molecule has 0 fully saturated rings. The van der Waals surface area contributed by atoms with Crippen LogP contribution in [0.15, 0.2) is 55.1 Å². The fourth-order valence-electron chi connectivity index (χ4n) is 2.65. The Morgan fingerprint density at radius 3 is 2.48 bits per heavy atom. The molecule has 0 saturated heterocycles. The SMILES string of the molecule is C=CC(=O)NC1c2ccc(Oc3ccc(C(F)(F)F)cc3)cc2OC[C@H]1F. The smallest absolute Gasteiger partial charge is 0.416 e. The van der Waals surface area contributed by atoms with Crippen molar-refractivity contribution in [1.29, 1.82) is 0 Å². The largest absolute Gasteiger partial charge is 0.490 e. The zero-order valence-electron chi connectivity index (χ0n) is 13.9. The summed E-state index contributed by atoms with van der Waals surface area (Å²) in [5.41, 5.74) is -0.345. The molecule has 3 rings (SSSR count).